The van der Waals surface area contributed by atoms with E-state index in [1.807, 2.05) is 0 Å². The minimum absolute atomic E-state index is 0.104. The number of methoxy groups -OCH3 is 1. The quantitative estimate of drug-likeness (QED) is 0.671. The van der Waals surface area contributed by atoms with Gasteiger partial charge < -0.3 is 10.5 Å². The first-order valence-electron chi connectivity index (χ1n) is 6.30. The summed E-state index contributed by atoms with van der Waals surface area (Å²) in [6.07, 6.45) is 5.40. The summed E-state index contributed by atoms with van der Waals surface area (Å²) in [6.45, 7) is 0. The zero-order valence-corrected chi connectivity index (χ0v) is 11.3. The lowest BCUT2D eigenvalue weighted by atomic mass is 9.83. The second-order valence-electron chi connectivity index (χ2n) is 4.77. The van der Waals surface area contributed by atoms with Gasteiger partial charge in [-0.2, -0.15) is 0 Å². The number of benzene rings is 1. The Kier molecular flexibility index (Phi) is 4.12. The molecule has 18 heavy (non-hydrogen) atoms. The number of ether oxygens (including phenoxy) is 1. The Labute approximate surface area is 112 Å². The number of carbonyl (C=O) groups excluding carboxylic acids is 1. The molecule has 0 aromatic heterocycles. The van der Waals surface area contributed by atoms with Crippen LogP contribution in [0, 0.1) is 5.92 Å². The van der Waals surface area contributed by atoms with Gasteiger partial charge >= 0.3 is 0 Å². The summed E-state index contributed by atoms with van der Waals surface area (Å²) in [6, 6.07) is 3.26. The lowest BCUT2D eigenvalue weighted by Crippen LogP contribution is -2.19. The number of nitrogens with two attached hydrogens (primary N) is 1. The van der Waals surface area contributed by atoms with Gasteiger partial charge in [0.15, 0.2) is 5.78 Å². The lowest BCUT2D eigenvalue weighted by Gasteiger charge is -2.21. The van der Waals surface area contributed by atoms with E-state index in [1.54, 1.807) is 12.1 Å². The Morgan fingerprint density at radius 2 is 2.00 bits per heavy atom. The fourth-order valence-electron chi connectivity index (χ4n) is 2.52. The zero-order valence-electron chi connectivity index (χ0n) is 10.5. The molecular weight excluding hydrogens is 250 g/mol. The highest BCUT2D eigenvalue weighted by Gasteiger charge is 2.24. The second kappa shape index (κ2) is 5.61. The highest BCUT2D eigenvalue weighted by Crippen LogP contribution is 2.33. The molecule has 2 N–H and O–H groups in total. The van der Waals surface area contributed by atoms with Crippen LogP contribution in [0.5, 0.6) is 5.75 Å². The van der Waals surface area contributed by atoms with Gasteiger partial charge in [0.05, 0.1) is 12.1 Å². The van der Waals surface area contributed by atoms with Crippen LogP contribution in [0.4, 0.5) is 5.69 Å². The van der Waals surface area contributed by atoms with Crippen molar-refractivity contribution >= 4 is 23.1 Å². The van der Waals surface area contributed by atoms with Crippen molar-refractivity contribution < 1.29 is 9.53 Å². The summed E-state index contributed by atoms with van der Waals surface area (Å²) < 4.78 is 5.14. The Bertz CT molecular complexity index is 453. The van der Waals surface area contributed by atoms with E-state index in [0.29, 0.717) is 22.0 Å². The molecule has 0 bridgehead atoms. The van der Waals surface area contributed by atoms with Gasteiger partial charge in [0, 0.05) is 17.2 Å². The van der Waals surface area contributed by atoms with Crippen LogP contribution in [0.1, 0.15) is 42.5 Å². The highest BCUT2D eigenvalue weighted by molar-refractivity contribution is 6.32. The Morgan fingerprint density at radius 1 is 1.33 bits per heavy atom. The summed E-state index contributed by atoms with van der Waals surface area (Å²) >= 11 is 5.98. The van der Waals surface area contributed by atoms with Crippen LogP contribution in [-0.4, -0.2) is 12.9 Å². The van der Waals surface area contributed by atoms with E-state index >= 15 is 0 Å². The molecule has 0 amide bonds. The van der Waals surface area contributed by atoms with Crippen molar-refractivity contribution in [2.24, 2.45) is 5.92 Å². The predicted molar refractivity (Wildman–Crippen MR) is 73.3 cm³/mol. The fourth-order valence-corrected chi connectivity index (χ4v) is 2.77. The Hall–Kier alpha value is -1.22. The molecule has 1 aliphatic carbocycles. The van der Waals surface area contributed by atoms with E-state index in [1.165, 1.54) is 13.5 Å². The molecule has 4 heteroatoms. The largest absolute Gasteiger partial charge is 0.495 e. The molecule has 1 aromatic carbocycles. The molecule has 3 nitrogen and oxygen atoms in total. The van der Waals surface area contributed by atoms with Crippen LogP contribution < -0.4 is 10.5 Å². The average molecular weight is 268 g/mol. The molecule has 0 atom stereocenters. The molecule has 0 spiro atoms. The van der Waals surface area contributed by atoms with Crippen molar-refractivity contribution in [2.75, 3.05) is 12.8 Å². The van der Waals surface area contributed by atoms with Gasteiger partial charge in [-0.15, -0.1) is 0 Å². The van der Waals surface area contributed by atoms with Gasteiger partial charge in [0.25, 0.3) is 0 Å². The standard InChI is InChI=1S/C14H18ClNO2/c1-18-13-7-10(12(16)8-11(13)15)14(17)9-5-3-2-4-6-9/h7-9H,2-6,16H2,1H3. The van der Waals surface area contributed by atoms with E-state index in [4.69, 9.17) is 22.1 Å². The van der Waals surface area contributed by atoms with E-state index in [0.717, 1.165) is 25.7 Å². The van der Waals surface area contributed by atoms with Crippen LogP contribution >= 0.6 is 11.6 Å². The molecular formula is C14H18ClNO2. The van der Waals surface area contributed by atoms with E-state index in [2.05, 4.69) is 0 Å². The number of hydrogen-bond donors (Lipinski definition) is 1. The van der Waals surface area contributed by atoms with Crippen LogP contribution in [0.3, 0.4) is 0 Å². The number of halogens is 1. The summed E-state index contributed by atoms with van der Waals surface area (Å²) in [4.78, 5) is 12.4. The van der Waals surface area contributed by atoms with Crippen LogP contribution in [-0.2, 0) is 0 Å². The third-order valence-electron chi connectivity index (χ3n) is 3.57. The first-order valence-corrected chi connectivity index (χ1v) is 6.68. The molecule has 1 aromatic rings. The predicted octanol–water partition coefficient (Wildman–Crippen LogP) is 3.69. The van der Waals surface area contributed by atoms with Gasteiger partial charge in [-0.1, -0.05) is 30.9 Å². The molecule has 0 radical (unpaired) electrons. The fraction of sp³-hybridized carbons (Fsp3) is 0.500. The molecule has 1 fully saturated rings. The summed E-state index contributed by atoms with van der Waals surface area (Å²) in [7, 11) is 1.53. The molecule has 0 aliphatic heterocycles. The SMILES string of the molecule is COc1cc(C(=O)C2CCCCC2)c(N)cc1Cl. The number of Topliss-reactive ketones (excluding diaryl/α,β-unsaturated/α-hetero) is 1. The molecule has 98 valence electrons. The first-order chi connectivity index (χ1) is 8.63. The van der Waals surface area contributed by atoms with Crippen molar-refractivity contribution in [3.63, 3.8) is 0 Å². The number of anilines is 1. The number of ketones is 1. The third kappa shape index (κ3) is 2.61. The number of hydrogen-bond acceptors (Lipinski definition) is 3. The van der Waals surface area contributed by atoms with Gasteiger partial charge in [0.2, 0.25) is 0 Å². The second-order valence-corrected chi connectivity index (χ2v) is 5.18. The third-order valence-corrected chi connectivity index (χ3v) is 3.86. The minimum atomic E-state index is 0.104. The number of carbonyl (C=O) groups is 1. The number of nitrogen functional groups attached to an aromatic ring is 1. The van der Waals surface area contributed by atoms with Crippen LogP contribution in [0.2, 0.25) is 5.02 Å². The molecule has 1 aliphatic rings. The van der Waals surface area contributed by atoms with Crippen LogP contribution in [0.25, 0.3) is 0 Å². The maximum atomic E-state index is 12.4. The van der Waals surface area contributed by atoms with Crippen LogP contribution in [0.15, 0.2) is 12.1 Å². The van der Waals surface area contributed by atoms with Crippen molar-refractivity contribution in [1.82, 2.24) is 0 Å². The Balaban J connectivity index is 2.28. The molecule has 0 heterocycles. The smallest absolute Gasteiger partial charge is 0.168 e. The van der Waals surface area contributed by atoms with Gasteiger partial charge in [-0.3, -0.25) is 4.79 Å². The summed E-state index contributed by atoms with van der Waals surface area (Å²) in [5.41, 5.74) is 6.88. The topological polar surface area (TPSA) is 52.3 Å². The monoisotopic (exact) mass is 267 g/mol. The van der Waals surface area contributed by atoms with Gasteiger partial charge in [-0.05, 0) is 25.0 Å². The lowest BCUT2D eigenvalue weighted by molar-refractivity contribution is 0.0890. The van der Waals surface area contributed by atoms with Crippen molar-refractivity contribution in [3.05, 3.63) is 22.7 Å². The molecule has 2 rings (SSSR count). The average Bonchev–Trinajstić information content (AvgIpc) is 2.39. The summed E-state index contributed by atoms with van der Waals surface area (Å²) in [5.74, 6) is 0.735. The molecule has 0 unspecified atom stereocenters. The van der Waals surface area contributed by atoms with Crippen molar-refractivity contribution in [3.8, 4) is 5.75 Å². The van der Waals surface area contributed by atoms with Crippen molar-refractivity contribution in [2.45, 2.75) is 32.1 Å². The normalized spacial score (nSPS) is 16.6. The molecule has 1 saturated carbocycles. The maximum absolute atomic E-state index is 12.4. The van der Waals surface area contributed by atoms with Crippen molar-refractivity contribution in [1.29, 1.82) is 0 Å². The van der Waals surface area contributed by atoms with E-state index in [9.17, 15) is 4.79 Å². The highest BCUT2D eigenvalue weighted by atomic mass is 35.5. The van der Waals surface area contributed by atoms with E-state index < -0.39 is 0 Å². The van der Waals surface area contributed by atoms with Gasteiger partial charge in [-0.25, -0.2) is 0 Å². The molecule has 0 saturated heterocycles. The van der Waals surface area contributed by atoms with E-state index in [-0.39, 0.29) is 11.7 Å². The Morgan fingerprint density at radius 3 is 2.61 bits per heavy atom. The minimum Gasteiger partial charge on any atom is -0.495 e. The zero-order chi connectivity index (χ0) is 13.1. The first kappa shape index (κ1) is 13.2. The number of rotatable bonds is 3. The summed E-state index contributed by atoms with van der Waals surface area (Å²) in [5, 5.41) is 0.440. The maximum Gasteiger partial charge on any atom is 0.168 e. The van der Waals surface area contributed by atoms with Gasteiger partial charge in [0.1, 0.15) is 5.75 Å².